The van der Waals surface area contributed by atoms with Crippen LogP contribution in [0.15, 0.2) is 18.2 Å². The van der Waals surface area contributed by atoms with Crippen LogP contribution < -0.4 is 10.2 Å². The molecule has 3 heteroatoms. The number of benzene rings is 1. The Balaban J connectivity index is 2.09. The summed E-state index contributed by atoms with van der Waals surface area (Å²) in [5.41, 5.74) is 3.10. The van der Waals surface area contributed by atoms with Crippen molar-refractivity contribution in [2.24, 2.45) is 11.3 Å². The number of hydrogen-bond donors (Lipinski definition) is 1. The highest BCUT2D eigenvalue weighted by molar-refractivity contribution is 6.30. The summed E-state index contributed by atoms with van der Waals surface area (Å²) in [6.07, 6.45) is 2.57. The van der Waals surface area contributed by atoms with E-state index in [9.17, 15) is 0 Å². The van der Waals surface area contributed by atoms with Gasteiger partial charge in [0.25, 0.3) is 0 Å². The van der Waals surface area contributed by atoms with Gasteiger partial charge in [-0.2, -0.15) is 0 Å². The van der Waals surface area contributed by atoms with Crippen molar-refractivity contribution in [3.05, 3.63) is 28.8 Å². The van der Waals surface area contributed by atoms with Gasteiger partial charge in [-0.05, 0) is 54.5 Å². The maximum atomic E-state index is 6.17. The number of anilines is 1. The van der Waals surface area contributed by atoms with Gasteiger partial charge in [0.15, 0.2) is 0 Å². The lowest BCUT2D eigenvalue weighted by Gasteiger charge is -2.40. The highest BCUT2D eigenvalue weighted by Crippen LogP contribution is 2.36. The Bertz CT molecular complexity index is 457. The summed E-state index contributed by atoms with van der Waals surface area (Å²) >= 11 is 6.17. The molecule has 1 heterocycles. The van der Waals surface area contributed by atoms with E-state index in [1.807, 2.05) is 6.07 Å². The van der Waals surface area contributed by atoms with Gasteiger partial charge >= 0.3 is 0 Å². The SMILES string of the molecule is CCNCc1cc(Cl)ccc1N1CCC(C(C)(C)C)CC1. The van der Waals surface area contributed by atoms with Crippen molar-refractivity contribution in [1.29, 1.82) is 0 Å². The highest BCUT2D eigenvalue weighted by Gasteiger charge is 2.29. The Kier molecular flexibility index (Phi) is 5.56. The van der Waals surface area contributed by atoms with E-state index in [2.05, 4.69) is 50.0 Å². The fraction of sp³-hybridized carbons (Fsp3) is 0.667. The molecule has 1 aliphatic heterocycles. The largest absolute Gasteiger partial charge is 0.371 e. The summed E-state index contributed by atoms with van der Waals surface area (Å²) in [6.45, 7) is 13.4. The van der Waals surface area contributed by atoms with E-state index < -0.39 is 0 Å². The van der Waals surface area contributed by atoms with Crippen molar-refractivity contribution < 1.29 is 0 Å². The topological polar surface area (TPSA) is 15.3 Å². The van der Waals surface area contributed by atoms with Crippen LogP contribution in [0.3, 0.4) is 0 Å². The van der Waals surface area contributed by atoms with Crippen LogP contribution in [0.2, 0.25) is 5.02 Å². The lowest BCUT2D eigenvalue weighted by molar-refractivity contribution is 0.199. The smallest absolute Gasteiger partial charge is 0.0412 e. The fourth-order valence-electron chi connectivity index (χ4n) is 3.25. The third kappa shape index (κ3) is 4.37. The minimum Gasteiger partial charge on any atom is -0.371 e. The average molecular weight is 309 g/mol. The summed E-state index contributed by atoms with van der Waals surface area (Å²) in [6, 6.07) is 6.31. The van der Waals surface area contributed by atoms with Crippen LogP contribution in [0.1, 0.15) is 46.1 Å². The first kappa shape index (κ1) is 16.6. The molecule has 2 rings (SSSR count). The first-order valence-corrected chi connectivity index (χ1v) is 8.53. The van der Waals surface area contributed by atoms with Gasteiger partial charge in [0, 0.05) is 30.3 Å². The van der Waals surface area contributed by atoms with Crippen molar-refractivity contribution in [1.82, 2.24) is 5.32 Å². The van der Waals surface area contributed by atoms with Gasteiger partial charge in [0.05, 0.1) is 0 Å². The van der Waals surface area contributed by atoms with Crippen molar-refractivity contribution in [3.63, 3.8) is 0 Å². The predicted octanol–water partition coefficient (Wildman–Crippen LogP) is 4.71. The number of nitrogens with zero attached hydrogens (tertiary/aromatic N) is 1. The molecule has 0 saturated carbocycles. The van der Waals surface area contributed by atoms with E-state index in [-0.39, 0.29) is 0 Å². The molecule has 21 heavy (non-hydrogen) atoms. The third-order valence-electron chi connectivity index (χ3n) is 4.67. The van der Waals surface area contributed by atoms with Crippen LogP contribution in [0.4, 0.5) is 5.69 Å². The van der Waals surface area contributed by atoms with Gasteiger partial charge in [-0.15, -0.1) is 0 Å². The summed E-state index contributed by atoms with van der Waals surface area (Å²) in [5, 5.41) is 4.25. The molecule has 0 spiro atoms. The average Bonchev–Trinajstić information content (AvgIpc) is 2.44. The lowest BCUT2D eigenvalue weighted by Crippen LogP contribution is -2.38. The van der Waals surface area contributed by atoms with E-state index in [0.29, 0.717) is 5.41 Å². The maximum absolute atomic E-state index is 6.17. The quantitative estimate of drug-likeness (QED) is 0.866. The molecule has 0 aromatic heterocycles. The van der Waals surface area contributed by atoms with Crippen molar-refractivity contribution in [2.75, 3.05) is 24.5 Å². The third-order valence-corrected chi connectivity index (χ3v) is 4.90. The van der Waals surface area contributed by atoms with E-state index in [1.54, 1.807) is 0 Å². The first-order chi connectivity index (χ1) is 9.91. The molecule has 0 amide bonds. The van der Waals surface area contributed by atoms with Crippen LogP contribution in [0.25, 0.3) is 0 Å². The second kappa shape index (κ2) is 7.02. The fourth-order valence-corrected chi connectivity index (χ4v) is 3.44. The number of nitrogens with one attached hydrogen (secondary N) is 1. The monoisotopic (exact) mass is 308 g/mol. The number of hydrogen-bond acceptors (Lipinski definition) is 2. The Morgan fingerprint density at radius 1 is 1.24 bits per heavy atom. The Hall–Kier alpha value is -0.730. The first-order valence-electron chi connectivity index (χ1n) is 8.16. The van der Waals surface area contributed by atoms with Crippen molar-refractivity contribution in [3.8, 4) is 0 Å². The predicted molar refractivity (Wildman–Crippen MR) is 93.2 cm³/mol. The number of rotatable bonds is 4. The van der Waals surface area contributed by atoms with Crippen molar-refractivity contribution in [2.45, 2.75) is 47.1 Å². The zero-order valence-corrected chi connectivity index (χ0v) is 14.6. The van der Waals surface area contributed by atoms with E-state index in [0.717, 1.165) is 37.1 Å². The van der Waals surface area contributed by atoms with Crippen LogP contribution >= 0.6 is 11.6 Å². The lowest BCUT2D eigenvalue weighted by atomic mass is 9.75. The van der Waals surface area contributed by atoms with Gasteiger partial charge < -0.3 is 10.2 Å². The highest BCUT2D eigenvalue weighted by atomic mass is 35.5. The molecule has 1 N–H and O–H groups in total. The molecular formula is C18H29ClN2. The molecule has 0 unspecified atom stereocenters. The van der Waals surface area contributed by atoms with Gasteiger partial charge in [0.2, 0.25) is 0 Å². The Morgan fingerprint density at radius 3 is 2.48 bits per heavy atom. The van der Waals surface area contributed by atoms with Crippen LogP contribution in [-0.2, 0) is 6.54 Å². The molecule has 0 atom stereocenters. The van der Waals surface area contributed by atoms with Gasteiger partial charge in [0.1, 0.15) is 0 Å². The molecule has 1 saturated heterocycles. The second-order valence-corrected chi connectivity index (χ2v) is 7.62. The zero-order chi connectivity index (χ0) is 15.5. The minimum absolute atomic E-state index is 0.429. The number of halogens is 1. The van der Waals surface area contributed by atoms with E-state index in [1.165, 1.54) is 24.1 Å². The van der Waals surface area contributed by atoms with Crippen LogP contribution in [0, 0.1) is 11.3 Å². The Labute approximate surface area is 134 Å². The molecule has 0 bridgehead atoms. The normalized spacial score (nSPS) is 17.3. The minimum atomic E-state index is 0.429. The second-order valence-electron chi connectivity index (χ2n) is 7.18. The molecule has 1 fully saturated rings. The van der Waals surface area contributed by atoms with Gasteiger partial charge in [-0.1, -0.05) is 39.3 Å². The van der Waals surface area contributed by atoms with Gasteiger partial charge in [-0.3, -0.25) is 0 Å². The molecular weight excluding hydrogens is 280 g/mol. The molecule has 1 aromatic rings. The Morgan fingerprint density at radius 2 is 1.90 bits per heavy atom. The van der Waals surface area contributed by atoms with Crippen LogP contribution in [-0.4, -0.2) is 19.6 Å². The summed E-state index contributed by atoms with van der Waals surface area (Å²) in [5.74, 6) is 0.832. The van der Waals surface area contributed by atoms with E-state index >= 15 is 0 Å². The number of piperidine rings is 1. The van der Waals surface area contributed by atoms with Crippen LogP contribution in [0.5, 0.6) is 0 Å². The molecule has 118 valence electrons. The van der Waals surface area contributed by atoms with E-state index in [4.69, 9.17) is 11.6 Å². The maximum Gasteiger partial charge on any atom is 0.0412 e. The van der Waals surface area contributed by atoms with Crippen molar-refractivity contribution >= 4 is 17.3 Å². The summed E-state index contributed by atoms with van der Waals surface area (Å²) in [7, 11) is 0. The molecule has 0 aliphatic carbocycles. The molecule has 2 nitrogen and oxygen atoms in total. The van der Waals surface area contributed by atoms with Gasteiger partial charge in [-0.25, -0.2) is 0 Å². The molecule has 1 aromatic carbocycles. The standard InChI is InChI=1S/C18H29ClN2/c1-5-20-13-14-12-16(19)6-7-17(14)21-10-8-15(9-11-21)18(2,3)4/h6-7,12,15,20H,5,8-11,13H2,1-4H3. The summed E-state index contributed by atoms with van der Waals surface area (Å²) in [4.78, 5) is 2.53. The molecule has 1 aliphatic rings. The molecule has 0 radical (unpaired) electrons. The zero-order valence-electron chi connectivity index (χ0n) is 13.9. The summed E-state index contributed by atoms with van der Waals surface area (Å²) < 4.78 is 0.